The van der Waals surface area contributed by atoms with E-state index in [-0.39, 0.29) is 0 Å². The lowest BCUT2D eigenvalue weighted by Crippen LogP contribution is -2.32. The third-order valence-electron chi connectivity index (χ3n) is 4.69. The van der Waals surface area contributed by atoms with Crippen LogP contribution in [-0.4, -0.2) is 28.2 Å². The molecule has 0 unspecified atom stereocenters. The van der Waals surface area contributed by atoms with E-state index in [1.165, 1.54) is 5.69 Å². The summed E-state index contributed by atoms with van der Waals surface area (Å²) in [6.45, 7) is 4.98. The van der Waals surface area contributed by atoms with Crippen LogP contribution in [0.15, 0.2) is 36.8 Å². The maximum absolute atomic E-state index is 4.93. The van der Waals surface area contributed by atoms with Crippen molar-refractivity contribution in [3.8, 4) is 0 Å². The summed E-state index contributed by atoms with van der Waals surface area (Å²) in [7, 11) is 0. The number of hydrogen-bond acceptors (Lipinski definition) is 4. The van der Waals surface area contributed by atoms with E-state index >= 15 is 0 Å². The number of hydrogen-bond donors (Lipinski definition) is 3. The summed E-state index contributed by atoms with van der Waals surface area (Å²) in [5, 5.41) is 10.2. The van der Waals surface area contributed by atoms with Crippen LogP contribution in [0.2, 0.25) is 0 Å². The molecule has 0 spiro atoms. The predicted molar refractivity (Wildman–Crippen MR) is 92.9 cm³/mol. The molecule has 3 N–H and O–H groups in total. The lowest BCUT2D eigenvalue weighted by atomic mass is 9.94. The second-order valence-electron chi connectivity index (χ2n) is 6.42. The third-order valence-corrected chi connectivity index (χ3v) is 4.69. The second kappa shape index (κ2) is 6.57. The molecule has 0 bridgehead atoms. The molecule has 1 fully saturated rings. The summed E-state index contributed by atoms with van der Waals surface area (Å²) in [5.41, 5.74) is 4.51. The van der Waals surface area contributed by atoms with Gasteiger partial charge in [0, 0.05) is 35.6 Å². The maximum Gasteiger partial charge on any atom is 0.289 e. The highest BCUT2D eigenvalue weighted by Crippen LogP contribution is 2.25. The first-order chi connectivity index (χ1) is 11.8. The monoisotopic (exact) mass is 323 g/mol. The third kappa shape index (κ3) is 2.97. The summed E-state index contributed by atoms with van der Waals surface area (Å²) in [5.74, 6) is 1.58. The molecule has 4 rings (SSSR count). The minimum absolute atomic E-state index is 0.532. The van der Waals surface area contributed by atoms with Crippen LogP contribution >= 0.6 is 0 Å². The molecule has 0 aromatic carbocycles. The van der Waals surface area contributed by atoms with E-state index in [1.54, 1.807) is 6.20 Å². The molecule has 24 heavy (non-hydrogen) atoms. The quantitative estimate of drug-likeness (QED) is 0.642. The largest absolute Gasteiger partial charge is 0.317 e. The first-order valence-corrected chi connectivity index (χ1v) is 8.55. The molecule has 4 heterocycles. The van der Waals surface area contributed by atoms with E-state index in [9.17, 15) is 0 Å². The van der Waals surface area contributed by atoms with E-state index < -0.39 is 0 Å². The van der Waals surface area contributed by atoms with Gasteiger partial charge in [-0.2, -0.15) is 0 Å². The normalized spacial score (nSPS) is 15.7. The summed E-state index contributed by atoms with van der Waals surface area (Å²) in [4.78, 5) is 9.11. The van der Waals surface area contributed by atoms with Gasteiger partial charge >= 0.3 is 0 Å². The zero-order valence-electron chi connectivity index (χ0n) is 13.9. The topological polar surface area (TPSA) is 69.7 Å². The van der Waals surface area contributed by atoms with E-state index in [2.05, 4.69) is 39.8 Å². The predicted octanol–water partition coefficient (Wildman–Crippen LogP) is 1.93. The van der Waals surface area contributed by atoms with Gasteiger partial charge in [0.05, 0.1) is 12.6 Å². The van der Waals surface area contributed by atoms with Crippen molar-refractivity contribution in [2.75, 3.05) is 18.4 Å². The fourth-order valence-electron chi connectivity index (χ4n) is 3.30. The molecule has 0 radical (unpaired) electrons. The molecule has 0 atom stereocenters. The first kappa shape index (κ1) is 15.1. The van der Waals surface area contributed by atoms with Crippen LogP contribution in [-0.2, 0) is 6.54 Å². The molecule has 6 heteroatoms. The fourth-order valence-corrected chi connectivity index (χ4v) is 3.30. The van der Waals surface area contributed by atoms with Gasteiger partial charge < -0.3 is 5.32 Å². The zero-order chi connectivity index (χ0) is 16.4. The summed E-state index contributed by atoms with van der Waals surface area (Å²) in [6.07, 6.45) is 7.99. The Kier molecular flexibility index (Phi) is 4.13. The number of pyridine rings is 1. The van der Waals surface area contributed by atoms with E-state index in [0.717, 1.165) is 55.1 Å². The van der Waals surface area contributed by atoms with Gasteiger partial charge in [-0.05, 0) is 38.9 Å². The van der Waals surface area contributed by atoms with E-state index in [4.69, 9.17) is 4.98 Å². The molecule has 3 aromatic rings. The van der Waals surface area contributed by atoms with Crippen molar-refractivity contribution in [2.24, 2.45) is 0 Å². The molecule has 3 aromatic heterocycles. The number of nitrogens with zero attached hydrogens (tertiary/aromatic N) is 3. The van der Waals surface area contributed by atoms with E-state index in [1.807, 2.05) is 23.0 Å². The van der Waals surface area contributed by atoms with Crippen molar-refractivity contribution in [1.82, 2.24) is 20.4 Å². The van der Waals surface area contributed by atoms with Crippen LogP contribution in [0.4, 0.5) is 5.82 Å². The van der Waals surface area contributed by atoms with Crippen LogP contribution in [0.5, 0.6) is 0 Å². The van der Waals surface area contributed by atoms with Gasteiger partial charge in [0.2, 0.25) is 5.82 Å². The summed E-state index contributed by atoms with van der Waals surface area (Å²) >= 11 is 0. The molecular formula is C18H23N6+. The van der Waals surface area contributed by atoms with Crippen LogP contribution in [0, 0.1) is 6.92 Å². The van der Waals surface area contributed by atoms with Crippen molar-refractivity contribution in [3.05, 3.63) is 53.6 Å². The molecule has 0 amide bonds. The molecular weight excluding hydrogens is 300 g/mol. The second-order valence-corrected chi connectivity index (χ2v) is 6.42. The molecule has 6 nitrogen and oxygen atoms in total. The summed E-state index contributed by atoms with van der Waals surface area (Å²) < 4.78 is 2.02. The van der Waals surface area contributed by atoms with Gasteiger partial charge in [-0.3, -0.25) is 15.4 Å². The number of aryl methyl sites for hydroxylation is 1. The zero-order valence-corrected chi connectivity index (χ0v) is 13.9. The van der Waals surface area contributed by atoms with Crippen molar-refractivity contribution in [3.63, 3.8) is 0 Å². The van der Waals surface area contributed by atoms with Crippen LogP contribution in [0.25, 0.3) is 5.65 Å². The van der Waals surface area contributed by atoms with Crippen LogP contribution in [0.1, 0.15) is 35.6 Å². The summed E-state index contributed by atoms with van der Waals surface area (Å²) in [6, 6.07) is 6.23. The number of H-pyrrole nitrogens is 1. The minimum Gasteiger partial charge on any atom is -0.317 e. The average molecular weight is 323 g/mol. The standard InChI is InChI=1S/C18H22N6/c1-13-10-22-24-17(21-12-14-3-2-6-20-11-14)9-16(23-18(13)24)15-4-7-19-8-5-15/h2-3,6,9-11,15,19H,4-5,7-8,12H2,1H3,(H,21,22,23)/p+1. The van der Waals surface area contributed by atoms with Gasteiger partial charge in [0.25, 0.3) is 5.65 Å². The number of aromatic amines is 1. The Balaban J connectivity index is 1.67. The highest BCUT2D eigenvalue weighted by atomic mass is 15.3. The SMILES string of the molecule is Cc1c[nH][n+]2c(NCc3cccnc3)cc(C3CCNCC3)nc12. The Morgan fingerprint density at radius 3 is 3.00 bits per heavy atom. The molecule has 0 aliphatic carbocycles. The maximum atomic E-state index is 4.93. The van der Waals surface area contributed by atoms with Crippen LogP contribution in [0.3, 0.4) is 0 Å². The number of fused-ring (bicyclic) bond motifs is 1. The Labute approximate surface area is 141 Å². The van der Waals surface area contributed by atoms with Crippen molar-refractivity contribution in [2.45, 2.75) is 32.2 Å². The number of piperidine rings is 1. The Bertz CT molecular complexity index is 820. The minimum atomic E-state index is 0.532. The van der Waals surface area contributed by atoms with Gasteiger partial charge in [-0.1, -0.05) is 6.07 Å². The Morgan fingerprint density at radius 2 is 2.21 bits per heavy atom. The highest BCUT2D eigenvalue weighted by molar-refractivity contribution is 5.44. The highest BCUT2D eigenvalue weighted by Gasteiger charge is 2.23. The van der Waals surface area contributed by atoms with E-state index in [0.29, 0.717) is 5.92 Å². The average Bonchev–Trinajstić information content (AvgIpc) is 3.02. The number of nitrogens with one attached hydrogen (secondary N) is 3. The van der Waals surface area contributed by atoms with Gasteiger partial charge in [0.15, 0.2) is 0 Å². The van der Waals surface area contributed by atoms with Crippen molar-refractivity contribution >= 4 is 11.5 Å². The van der Waals surface area contributed by atoms with Gasteiger partial charge in [0.1, 0.15) is 5.69 Å². The molecule has 1 aliphatic heterocycles. The Hall–Kier alpha value is -2.47. The Morgan fingerprint density at radius 1 is 1.33 bits per heavy atom. The van der Waals surface area contributed by atoms with Crippen LogP contribution < -0.4 is 15.1 Å². The molecule has 1 saturated heterocycles. The number of anilines is 1. The molecule has 1 aliphatic rings. The smallest absolute Gasteiger partial charge is 0.289 e. The first-order valence-electron chi connectivity index (χ1n) is 8.55. The lowest BCUT2D eigenvalue weighted by molar-refractivity contribution is -0.564. The lowest BCUT2D eigenvalue weighted by Gasteiger charge is -2.20. The van der Waals surface area contributed by atoms with Gasteiger partial charge in [-0.25, -0.2) is 0 Å². The fraction of sp³-hybridized carbons (Fsp3) is 0.389. The van der Waals surface area contributed by atoms with Crippen molar-refractivity contribution < 1.29 is 4.52 Å². The molecule has 124 valence electrons. The van der Waals surface area contributed by atoms with Gasteiger partial charge in [-0.15, -0.1) is 9.50 Å². The number of rotatable bonds is 4. The molecule has 0 saturated carbocycles. The number of aromatic nitrogens is 4. The van der Waals surface area contributed by atoms with Crippen molar-refractivity contribution in [1.29, 1.82) is 0 Å².